The van der Waals surface area contributed by atoms with Crippen molar-refractivity contribution in [2.45, 2.75) is 39.7 Å². The molecule has 1 heterocycles. The van der Waals surface area contributed by atoms with Crippen molar-refractivity contribution in [2.24, 2.45) is 17.0 Å². The van der Waals surface area contributed by atoms with Gasteiger partial charge in [-0.15, -0.1) is 0 Å². The van der Waals surface area contributed by atoms with E-state index in [2.05, 4.69) is 34.8 Å². The number of ether oxygens (including phenoxy) is 1. The van der Waals surface area contributed by atoms with E-state index in [1.165, 1.54) is 5.56 Å². The molecule has 132 valence electrons. The van der Waals surface area contributed by atoms with Gasteiger partial charge in [0.25, 0.3) is 0 Å². The maximum atomic E-state index is 8.40. The Balaban J connectivity index is 1.81. The monoisotopic (exact) mass is 350 g/mol. The average Bonchev–Trinajstić information content (AvgIpc) is 2.56. The van der Waals surface area contributed by atoms with Gasteiger partial charge in [0, 0.05) is 18.0 Å². The second kappa shape index (κ2) is 9.77. The number of azide groups is 1. The smallest absolute Gasteiger partial charge is 0.137 e. The Labute approximate surface area is 149 Å². The molecule has 1 aromatic carbocycles. The minimum Gasteiger partial charge on any atom is -0.492 e. The second-order valence-corrected chi connectivity index (χ2v) is 7.34. The van der Waals surface area contributed by atoms with Gasteiger partial charge in [0.1, 0.15) is 5.75 Å². The van der Waals surface area contributed by atoms with Crippen LogP contribution in [0, 0.1) is 11.8 Å². The highest BCUT2D eigenvalue weighted by atomic mass is 35.5. The van der Waals surface area contributed by atoms with Gasteiger partial charge in [-0.1, -0.05) is 36.6 Å². The number of likely N-dealkylation sites (tertiary alicyclic amines) is 1. The first kappa shape index (κ1) is 18.9. The summed E-state index contributed by atoms with van der Waals surface area (Å²) >= 11 is 6.35. The van der Waals surface area contributed by atoms with E-state index in [4.69, 9.17) is 21.9 Å². The molecule has 1 aliphatic rings. The molecule has 1 aliphatic heterocycles. The largest absolute Gasteiger partial charge is 0.492 e. The molecule has 0 aliphatic carbocycles. The van der Waals surface area contributed by atoms with Crippen molar-refractivity contribution in [1.82, 2.24) is 4.90 Å². The highest BCUT2D eigenvalue weighted by Crippen LogP contribution is 2.27. The molecule has 0 atom stereocenters. The van der Waals surface area contributed by atoms with Gasteiger partial charge < -0.3 is 4.74 Å². The van der Waals surface area contributed by atoms with Crippen molar-refractivity contribution in [3.63, 3.8) is 0 Å². The SMILES string of the molecule is CC(C)CCOc1ccc(CN2CCC(CN=[N+]=[N-])CC2)cc1Cl. The van der Waals surface area contributed by atoms with E-state index < -0.39 is 0 Å². The fourth-order valence-electron chi connectivity index (χ4n) is 2.90. The van der Waals surface area contributed by atoms with Crippen LogP contribution in [-0.4, -0.2) is 31.1 Å². The van der Waals surface area contributed by atoms with Crippen molar-refractivity contribution in [3.05, 3.63) is 39.2 Å². The summed E-state index contributed by atoms with van der Waals surface area (Å²) in [6, 6.07) is 6.09. The molecule has 0 saturated carbocycles. The van der Waals surface area contributed by atoms with Gasteiger partial charge in [-0.2, -0.15) is 0 Å². The highest BCUT2D eigenvalue weighted by molar-refractivity contribution is 6.32. The van der Waals surface area contributed by atoms with Crippen molar-refractivity contribution >= 4 is 11.6 Å². The molecule has 0 amide bonds. The summed E-state index contributed by atoms with van der Waals surface area (Å²) in [5.74, 6) is 1.93. The molecule has 6 heteroatoms. The fourth-order valence-corrected chi connectivity index (χ4v) is 3.16. The summed E-state index contributed by atoms with van der Waals surface area (Å²) in [5.41, 5.74) is 9.61. The lowest BCUT2D eigenvalue weighted by Gasteiger charge is -2.31. The van der Waals surface area contributed by atoms with Crippen LogP contribution in [-0.2, 0) is 6.54 Å². The van der Waals surface area contributed by atoms with Gasteiger partial charge in [-0.3, -0.25) is 4.90 Å². The molecule has 1 saturated heterocycles. The summed E-state index contributed by atoms with van der Waals surface area (Å²) in [6.07, 6.45) is 3.20. The third-order valence-corrected chi connectivity index (χ3v) is 4.76. The van der Waals surface area contributed by atoms with E-state index in [1.54, 1.807) is 0 Å². The topological polar surface area (TPSA) is 61.2 Å². The van der Waals surface area contributed by atoms with E-state index in [9.17, 15) is 0 Å². The first-order valence-electron chi connectivity index (χ1n) is 8.73. The second-order valence-electron chi connectivity index (χ2n) is 6.93. The molecule has 1 fully saturated rings. The number of rotatable bonds is 8. The van der Waals surface area contributed by atoms with Crippen LogP contribution >= 0.6 is 11.6 Å². The number of halogens is 1. The summed E-state index contributed by atoms with van der Waals surface area (Å²) in [7, 11) is 0. The van der Waals surface area contributed by atoms with Crippen LogP contribution in [0.1, 0.15) is 38.7 Å². The maximum Gasteiger partial charge on any atom is 0.137 e. The Morgan fingerprint density at radius 1 is 1.38 bits per heavy atom. The molecule has 0 bridgehead atoms. The Kier molecular flexibility index (Phi) is 7.70. The molecule has 0 spiro atoms. The number of benzene rings is 1. The number of hydrogen-bond acceptors (Lipinski definition) is 3. The van der Waals surface area contributed by atoms with Gasteiger partial charge >= 0.3 is 0 Å². The Morgan fingerprint density at radius 3 is 2.75 bits per heavy atom. The molecule has 1 aromatic rings. The van der Waals surface area contributed by atoms with E-state index in [-0.39, 0.29) is 0 Å². The van der Waals surface area contributed by atoms with E-state index in [1.807, 2.05) is 12.1 Å². The predicted molar refractivity (Wildman–Crippen MR) is 98.4 cm³/mol. The normalized spacial score (nSPS) is 16.2. The quantitative estimate of drug-likeness (QED) is 0.363. The third kappa shape index (κ3) is 6.23. The molecule has 2 rings (SSSR count). The van der Waals surface area contributed by atoms with E-state index in [0.29, 0.717) is 30.0 Å². The number of nitrogens with zero attached hydrogens (tertiary/aromatic N) is 4. The van der Waals surface area contributed by atoms with Crippen LogP contribution in [0.5, 0.6) is 5.75 Å². The van der Waals surface area contributed by atoms with Crippen molar-refractivity contribution in [1.29, 1.82) is 0 Å². The first-order valence-corrected chi connectivity index (χ1v) is 9.10. The first-order chi connectivity index (χ1) is 11.6. The van der Waals surface area contributed by atoms with E-state index in [0.717, 1.165) is 44.6 Å². The molecule has 24 heavy (non-hydrogen) atoms. The van der Waals surface area contributed by atoms with Crippen LogP contribution in [0.15, 0.2) is 23.3 Å². The van der Waals surface area contributed by atoms with Crippen LogP contribution < -0.4 is 4.74 Å². The maximum absolute atomic E-state index is 8.40. The summed E-state index contributed by atoms with van der Waals surface area (Å²) in [6.45, 7) is 8.67. The Morgan fingerprint density at radius 2 is 2.12 bits per heavy atom. The highest BCUT2D eigenvalue weighted by Gasteiger charge is 2.18. The summed E-state index contributed by atoms with van der Waals surface area (Å²) in [5, 5.41) is 4.38. The van der Waals surface area contributed by atoms with Gasteiger partial charge in [0.05, 0.1) is 11.6 Å². The molecule has 0 radical (unpaired) electrons. The third-order valence-electron chi connectivity index (χ3n) is 4.47. The Bertz CT molecular complexity index is 564. The van der Waals surface area contributed by atoms with Crippen LogP contribution in [0.3, 0.4) is 0 Å². The summed E-state index contributed by atoms with van der Waals surface area (Å²) < 4.78 is 5.76. The van der Waals surface area contributed by atoms with Gasteiger partial charge in [-0.25, -0.2) is 0 Å². The van der Waals surface area contributed by atoms with Crippen molar-refractivity contribution in [2.75, 3.05) is 26.2 Å². The average molecular weight is 351 g/mol. The lowest BCUT2D eigenvalue weighted by molar-refractivity contribution is 0.180. The standard InChI is InChI=1S/C18H27ClN4O/c1-14(2)7-10-24-18-4-3-16(11-17(18)19)13-23-8-5-15(6-9-23)12-21-22-20/h3-4,11,14-15H,5-10,12-13H2,1-2H3. The van der Waals surface area contributed by atoms with Gasteiger partial charge in [0.2, 0.25) is 0 Å². The van der Waals surface area contributed by atoms with Crippen LogP contribution in [0.4, 0.5) is 0 Å². The summed E-state index contributed by atoms with van der Waals surface area (Å²) in [4.78, 5) is 5.28. The lowest BCUT2D eigenvalue weighted by atomic mass is 9.97. The minimum atomic E-state index is 0.525. The Hall–Kier alpha value is -1.42. The molecular weight excluding hydrogens is 324 g/mol. The predicted octanol–water partition coefficient (Wildman–Crippen LogP) is 5.29. The van der Waals surface area contributed by atoms with Crippen LogP contribution in [0.2, 0.25) is 5.02 Å². The van der Waals surface area contributed by atoms with Crippen molar-refractivity contribution in [3.8, 4) is 5.75 Å². The van der Waals surface area contributed by atoms with Crippen LogP contribution in [0.25, 0.3) is 10.4 Å². The van der Waals surface area contributed by atoms with Gasteiger partial charge in [-0.05, 0) is 67.4 Å². The molecular formula is C18H27ClN4O. The fraction of sp³-hybridized carbons (Fsp3) is 0.667. The zero-order valence-electron chi connectivity index (χ0n) is 14.6. The van der Waals surface area contributed by atoms with Gasteiger partial charge in [0.15, 0.2) is 0 Å². The lowest BCUT2D eigenvalue weighted by Crippen LogP contribution is -2.34. The molecule has 5 nitrogen and oxygen atoms in total. The van der Waals surface area contributed by atoms with E-state index >= 15 is 0 Å². The molecule has 0 aromatic heterocycles. The molecule has 0 unspecified atom stereocenters. The zero-order chi connectivity index (χ0) is 17.4. The number of piperidine rings is 1. The molecule has 0 N–H and O–H groups in total. The van der Waals surface area contributed by atoms with Crippen molar-refractivity contribution < 1.29 is 4.74 Å². The zero-order valence-corrected chi connectivity index (χ0v) is 15.4. The number of hydrogen-bond donors (Lipinski definition) is 0. The minimum absolute atomic E-state index is 0.525.